The van der Waals surface area contributed by atoms with E-state index < -0.39 is 0 Å². The van der Waals surface area contributed by atoms with Crippen molar-refractivity contribution in [3.63, 3.8) is 0 Å². The molecular formula is C11H14FNO. The lowest BCUT2D eigenvalue weighted by Crippen LogP contribution is -2.11. The van der Waals surface area contributed by atoms with Gasteiger partial charge in [0, 0.05) is 12.1 Å². The van der Waals surface area contributed by atoms with Gasteiger partial charge in [-0.15, -0.1) is 0 Å². The van der Waals surface area contributed by atoms with Crippen molar-refractivity contribution in [3.8, 4) is 0 Å². The predicted octanol–water partition coefficient (Wildman–Crippen LogP) is 2.87. The van der Waals surface area contributed by atoms with Gasteiger partial charge in [-0.05, 0) is 37.1 Å². The Hall–Kier alpha value is -1.38. The molecule has 1 aromatic carbocycles. The molecule has 0 fully saturated rings. The number of benzene rings is 1. The highest BCUT2D eigenvalue weighted by Crippen LogP contribution is 2.15. The summed E-state index contributed by atoms with van der Waals surface area (Å²) in [6.07, 6.45) is 1.31. The second-order valence-corrected chi connectivity index (χ2v) is 3.26. The summed E-state index contributed by atoms with van der Waals surface area (Å²) in [7, 11) is 0. The van der Waals surface area contributed by atoms with Crippen LogP contribution in [0.3, 0.4) is 0 Å². The van der Waals surface area contributed by atoms with Crippen LogP contribution in [0, 0.1) is 12.7 Å². The zero-order chi connectivity index (χ0) is 10.6. The molecule has 0 unspecified atom stereocenters. The van der Waals surface area contributed by atoms with Gasteiger partial charge in [-0.1, -0.05) is 6.92 Å². The molecule has 0 bridgehead atoms. The third-order valence-corrected chi connectivity index (χ3v) is 1.94. The van der Waals surface area contributed by atoms with E-state index in [2.05, 4.69) is 5.32 Å². The average molecular weight is 195 g/mol. The molecule has 1 rings (SSSR count). The Kier molecular flexibility index (Phi) is 3.63. The standard InChI is InChI=1S/C11H14FNO/c1-3-4-11(14)13-10-6-5-9(12)7-8(10)2/h5-7H,3-4H2,1-2H3,(H,13,14). The Morgan fingerprint density at radius 2 is 2.21 bits per heavy atom. The van der Waals surface area contributed by atoms with Gasteiger partial charge in [0.25, 0.3) is 0 Å². The van der Waals surface area contributed by atoms with Crippen molar-refractivity contribution in [1.29, 1.82) is 0 Å². The fraction of sp³-hybridized carbons (Fsp3) is 0.364. The number of halogens is 1. The van der Waals surface area contributed by atoms with Crippen LogP contribution >= 0.6 is 0 Å². The fourth-order valence-corrected chi connectivity index (χ4v) is 1.21. The van der Waals surface area contributed by atoms with Gasteiger partial charge >= 0.3 is 0 Å². The highest BCUT2D eigenvalue weighted by molar-refractivity contribution is 5.91. The fourth-order valence-electron chi connectivity index (χ4n) is 1.21. The third kappa shape index (κ3) is 2.83. The maximum absolute atomic E-state index is 12.7. The molecule has 0 atom stereocenters. The Morgan fingerprint density at radius 3 is 2.79 bits per heavy atom. The number of carbonyl (C=O) groups excluding carboxylic acids is 1. The second kappa shape index (κ2) is 4.74. The molecular weight excluding hydrogens is 181 g/mol. The van der Waals surface area contributed by atoms with Gasteiger partial charge in [0.2, 0.25) is 5.91 Å². The summed E-state index contributed by atoms with van der Waals surface area (Å²) in [6, 6.07) is 4.33. The molecule has 0 heterocycles. The number of carbonyl (C=O) groups is 1. The molecule has 1 N–H and O–H groups in total. The van der Waals surface area contributed by atoms with Gasteiger partial charge in [-0.2, -0.15) is 0 Å². The number of hydrogen-bond donors (Lipinski definition) is 1. The first-order chi connectivity index (χ1) is 6.63. The third-order valence-electron chi connectivity index (χ3n) is 1.94. The largest absolute Gasteiger partial charge is 0.326 e. The molecule has 0 aliphatic rings. The van der Waals surface area contributed by atoms with Gasteiger partial charge in [0.05, 0.1) is 0 Å². The lowest BCUT2D eigenvalue weighted by molar-refractivity contribution is -0.116. The first-order valence-electron chi connectivity index (χ1n) is 4.69. The highest BCUT2D eigenvalue weighted by atomic mass is 19.1. The number of anilines is 1. The minimum absolute atomic E-state index is 0.0257. The highest BCUT2D eigenvalue weighted by Gasteiger charge is 2.03. The van der Waals surface area contributed by atoms with Crippen molar-refractivity contribution in [2.45, 2.75) is 26.7 Å². The number of rotatable bonds is 3. The Bertz CT molecular complexity index is 336. The van der Waals surface area contributed by atoms with Crippen LogP contribution in [0.25, 0.3) is 0 Å². The molecule has 1 amide bonds. The number of amides is 1. The van der Waals surface area contributed by atoms with E-state index in [-0.39, 0.29) is 11.7 Å². The average Bonchev–Trinajstić information content (AvgIpc) is 2.10. The van der Waals surface area contributed by atoms with E-state index in [0.29, 0.717) is 12.1 Å². The maximum atomic E-state index is 12.7. The molecule has 0 aliphatic heterocycles. The van der Waals surface area contributed by atoms with E-state index in [4.69, 9.17) is 0 Å². The van der Waals surface area contributed by atoms with Crippen LogP contribution in [0.4, 0.5) is 10.1 Å². The molecule has 0 aliphatic carbocycles. The second-order valence-electron chi connectivity index (χ2n) is 3.26. The molecule has 0 aromatic heterocycles. The molecule has 1 aromatic rings. The SMILES string of the molecule is CCCC(=O)Nc1ccc(F)cc1C. The number of hydrogen-bond acceptors (Lipinski definition) is 1. The zero-order valence-corrected chi connectivity index (χ0v) is 8.43. The van der Waals surface area contributed by atoms with E-state index in [1.807, 2.05) is 6.92 Å². The van der Waals surface area contributed by atoms with Gasteiger partial charge in [0.15, 0.2) is 0 Å². The quantitative estimate of drug-likeness (QED) is 0.789. The lowest BCUT2D eigenvalue weighted by atomic mass is 10.2. The Labute approximate surface area is 83.1 Å². The van der Waals surface area contributed by atoms with Crippen LogP contribution in [0.1, 0.15) is 25.3 Å². The Balaban J connectivity index is 2.72. The van der Waals surface area contributed by atoms with Gasteiger partial charge in [0.1, 0.15) is 5.82 Å². The molecule has 0 saturated heterocycles. The van der Waals surface area contributed by atoms with E-state index in [0.717, 1.165) is 12.0 Å². The van der Waals surface area contributed by atoms with Crippen LogP contribution in [-0.4, -0.2) is 5.91 Å². The van der Waals surface area contributed by atoms with Crippen molar-refractivity contribution < 1.29 is 9.18 Å². The van der Waals surface area contributed by atoms with E-state index in [1.165, 1.54) is 12.1 Å². The summed E-state index contributed by atoms with van der Waals surface area (Å²) in [5, 5.41) is 2.73. The predicted molar refractivity (Wildman–Crippen MR) is 54.7 cm³/mol. The number of aryl methyl sites for hydroxylation is 1. The summed E-state index contributed by atoms with van der Waals surface area (Å²) in [5.74, 6) is -0.307. The van der Waals surface area contributed by atoms with Crippen molar-refractivity contribution in [1.82, 2.24) is 0 Å². The van der Waals surface area contributed by atoms with Crippen LogP contribution in [0.2, 0.25) is 0 Å². The van der Waals surface area contributed by atoms with Crippen molar-refractivity contribution >= 4 is 11.6 Å². The van der Waals surface area contributed by atoms with Gasteiger partial charge < -0.3 is 5.32 Å². The molecule has 0 saturated carbocycles. The molecule has 3 heteroatoms. The van der Waals surface area contributed by atoms with E-state index in [9.17, 15) is 9.18 Å². The zero-order valence-electron chi connectivity index (χ0n) is 8.43. The van der Waals surface area contributed by atoms with Crippen molar-refractivity contribution in [2.24, 2.45) is 0 Å². The molecule has 0 radical (unpaired) electrons. The first kappa shape index (κ1) is 10.7. The Morgan fingerprint density at radius 1 is 1.50 bits per heavy atom. The summed E-state index contributed by atoms with van der Waals surface area (Å²) in [4.78, 5) is 11.2. The number of nitrogens with one attached hydrogen (secondary N) is 1. The summed E-state index contributed by atoms with van der Waals surface area (Å²) >= 11 is 0. The summed E-state index contributed by atoms with van der Waals surface area (Å²) < 4.78 is 12.7. The molecule has 14 heavy (non-hydrogen) atoms. The molecule has 0 spiro atoms. The van der Waals surface area contributed by atoms with Crippen molar-refractivity contribution in [2.75, 3.05) is 5.32 Å². The van der Waals surface area contributed by atoms with Crippen molar-refractivity contribution in [3.05, 3.63) is 29.6 Å². The van der Waals surface area contributed by atoms with Crippen LogP contribution in [0.5, 0.6) is 0 Å². The van der Waals surface area contributed by atoms with Crippen LogP contribution < -0.4 is 5.32 Å². The van der Waals surface area contributed by atoms with E-state index in [1.54, 1.807) is 13.0 Å². The topological polar surface area (TPSA) is 29.1 Å². The van der Waals surface area contributed by atoms with Crippen LogP contribution in [0.15, 0.2) is 18.2 Å². The smallest absolute Gasteiger partial charge is 0.224 e. The van der Waals surface area contributed by atoms with Crippen LogP contribution in [-0.2, 0) is 4.79 Å². The molecule has 76 valence electrons. The lowest BCUT2D eigenvalue weighted by Gasteiger charge is -2.07. The maximum Gasteiger partial charge on any atom is 0.224 e. The first-order valence-corrected chi connectivity index (χ1v) is 4.69. The summed E-state index contributed by atoms with van der Waals surface area (Å²) in [5.41, 5.74) is 1.43. The van der Waals surface area contributed by atoms with E-state index >= 15 is 0 Å². The van der Waals surface area contributed by atoms with Gasteiger partial charge in [-0.3, -0.25) is 4.79 Å². The minimum Gasteiger partial charge on any atom is -0.326 e. The molecule has 2 nitrogen and oxygen atoms in total. The normalized spacial score (nSPS) is 9.93. The monoisotopic (exact) mass is 195 g/mol. The summed E-state index contributed by atoms with van der Waals surface area (Å²) in [6.45, 7) is 3.71. The minimum atomic E-state index is -0.281. The van der Waals surface area contributed by atoms with Gasteiger partial charge in [-0.25, -0.2) is 4.39 Å².